The number of ether oxygens (including phenoxy) is 2. The average Bonchev–Trinajstić information content (AvgIpc) is 3.35. The third-order valence-electron chi connectivity index (χ3n) is 6.66. The van der Waals surface area contributed by atoms with E-state index in [1.807, 2.05) is 44.2 Å². The van der Waals surface area contributed by atoms with E-state index in [-0.39, 0.29) is 30.4 Å². The summed E-state index contributed by atoms with van der Waals surface area (Å²) in [7, 11) is -1.74. The molecule has 194 valence electrons. The zero-order chi connectivity index (χ0) is 26.1. The number of carbonyl (C=O) groups excluding carboxylic acids is 2. The van der Waals surface area contributed by atoms with Crippen molar-refractivity contribution in [3.63, 3.8) is 0 Å². The van der Waals surface area contributed by atoms with Crippen molar-refractivity contribution in [1.29, 1.82) is 5.26 Å². The van der Waals surface area contributed by atoms with Gasteiger partial charge in [-0.2, -0.15) is 5.26 Å². The Hall–Kier alpha value is -2.91. The Labute approximate surface area is 212 Å². The van der Waals surface area contributed by atoms with Crippen LogP contribution in [0.5, 0.6) is 0 Å². The molecule has 0 aromatic heterocycles. The van der Waals surface area contributed by atoms with Crippen molar-refractivity contribution in [3.05, 3.63) is 47.5 Å². The normalized spacial score (nSPS) is 19.9. The molecule has 1 unspecified atom stereocenters. The fourth-order valence-electron chi connectivity index (χ4n) is 4.54. The van der Waals surface area contributed by atoms with Gasteiger partial charge in [-0.05, 0) is 38.3 Å². The van der Waals surface area contributed by atoms with Gasteiger partial charge >= 0.3 is 13.2 Å². The van der Waals surface area contributed by atoms with E-state index in [1.54, 1.807) is 11.0 Å². The highest BCUT2D eigenvalue weighted by molar-refractivity contribution is 6.43. The molecule has 0 radical (unpaired) electrons. The van der Waals surface area contributed by atoms with Gasteiger partial charge in [-0.1, -0.05) is 30.3 Å². The molecule has 10 nitrogen and oxygen atoms in total. The van der Waals surface area contributed by atoms with Gasteiger partial charge < -0.3 is 29.7 Å². The molecule has 3 N–H and O–H groups in total. The van der Waals surface area contributed by atoms with E-state index in [4.69, 9.17) is 9.47 Å². The number of benzene rings is 1. The van der Waals surface area contributed by atoms with Crippen molar-refractivity contribution in [2.24, 2.45) is 5.92 Å². The lowest BCUT2D eigenvalue weighted by Crippen LogP contribution is -2.49. The second-order valence-corrected chi connectivity index (χ2v) is 9.78. The number of nitrogens with zero attached hydrogens (tertiary/aromatic N) is 3. The number of hydrogen-bond acceptors (Lipinski definition) is 8. The molecule has 0 saturated carbocycles. The maximum Gasteiger partial charge on any atom is 0.475 e. The first-order valence-electron chi connectivity index (χ1n) is 12.3. The third kappa shape index (κ3) is 7.80. The summed E-state index contributed by atoms with van der Waals surface area (Å²) in [6.07, 6.45) is 1.85. The van der Waals surface area contributed by atoms with Gasteiger partial charge in [0.15, 0.2) is 0 Å². The summed E-state index contributed by atoms with van der Waals surface area (Å²) in [6.45, 7) is 7.61. The van der Waals surface area contributed by atoms with Crippen LogP contribution in [0.2, 0.25) is 0 Å². The van der Waals surface area contributed by atoms with Crippen LogP contribution < -0.4 is 5.32 Å². The number of amides is 2. The first-order chi connectivity index (χ1) is 17.2. The molecule has 1 aromatic rings. The summed E-state index contributed by atoms with van der Waals surface area (Å²) in [6, 6.07) is 11.2. The fourth-order valence-corrected chi connectivity index (χ4v) is 4.54. The van der Waals surface area contributed by atoms with Gasteiger partial charge in [-0.3, -0.25) is 9.69 Å². The summed E-state index contributed by atoms with van der Waals surface area (Å²) in [5.74, 6) is -1.31. The van der Waals surface area contributed by atoms with E-state index in [0.717, 1.165) is 18.7 Å². The SMILES string of the molecule is CC(C)(C=C(C#N)C(=O)N1CCC(COC(=O)N[C@@H](Cc2ccccc2)B(O)O)C1)N1CCOCC1. The van der Waals surface area contributed by atoms with Crippen molar-refractivity contribution < 1.29 is 29.1 Å². The molecule has 0 bridgehead atoms. The van der Waals surface area contributed by atoms with Crippen LogP contribution in [0.3, 0.4) is 0 Å². The van der Waals surface area contributed by atoms with Crippen LogP contribution in [0.4, 0.5) is 4.79 Å². The predicted molar refractivity (Wildman–Crippen MR) is 133 cm³/mol. The maximum absolute atomic E-state index is 13.0. The van der Waals surface area contributed by atoms with Gasteiger partial charge in [0.25, 0.3) is 5.91 Å². The zero-order valence-corrected chi connectivity index (χ0v) is 20.9. The van der Waals surface area contributed by atoms with Crippen LogP contribution in [-0.4, -0.2) is 96.4 Å². The van der Waals surface area contributed by atoms with Gasteiger partial charge in [0.2, 0.25) is 0 Å². The van der Waals surface area contributed by atoms with Crippen LogP contribution in [0.25, 0.3) is 0 Å². The average molecular weight is 498 g/mol. The van der Waals surface area contributed by atoms with Crippen LogP contribution in [0, 0.1) is 17.2 Å². The topological polar surface area (TPSA) is 135 Å². The van der Waals surface area contributed by atoms with Crippen LogP contribution in [0.1, 0.15) is 25.8 Å². The minimum Gasteiger partial charge on any atom is -0.449 e. The highest BCUT2D eigenvalue weighted by Gasteiger charge is 2.33. The van der Waals surface area contributed by atoms with Crippen LogP contribution in [-0.2, 0) is 20.7 Å². The maximum atomic E-state index is 13.0. The standard InChI is InChI=1S/C25H35BN4O6/c1-25(2,30-10-12-35-13-11-30)15-21(16-27)23(31)29-9-8-20(17-29)18-36-24(32)28-22(26(33)34)14-19-6-4-3-5-7-19/h3-7,15,20,22,33-34H,8-14,17-18H2,1-2H3,(H,28,32)/t20?,22-/m0/s1. The molecular formula is C25H35BN4O6. The van der Waals surface area contributed by atoms with E-state index < -0.39 is 24.7 Å². The van der Waals surface area contributed by atoms with E-state index in [0.29, 0.717) is 32.7 Å². The summed E-state index contributed by atoms with van der Waals surface area (Å²) in [5.41, 5.74) is 0.490. The lowest BCUT2D eigenvalue weighted by atomic mass is 9.76. The third-order valence-corrected chi connectivity index (χ3v) is 6.66. The molecule has 2 aliphatic heterocycles. The fraction of sp³-hybridized carbons (Fsp3) is 0.560. The molecule has 2 saturated heterocycles. The Balaban J connectivity index is 1.49. The Kier molecular flexibility index (Phi) is 9.90. The first-order valence-corrected chi connectivity index (χ1v) is 12.3. The molecule has 2 heterocycles. The van der Waals surface area contributed by atoms with Crippen molar-refractivity contribution in [2.75, 3.05) is 46.0 Å². The number of alkyl carbamates (subject to hydrolysis) is 1. The molecule has 3 rings (SSSR count). The second kappa shape index (κ2) is 12.9. The van der Waals surface area contributed by atoms with Gasteiger partial charge in [-0.25, -0.2) is 4.79 Å². The van der Waals surface area contributed by atoms with Gasteiger partial charge in [-0.15, -0.1) is 0 Å². The second-order valence-electron chi connectivity index (χ2n) is 9.78. The molecule has 2 atom stereocenters. The van der Waals surface area contributed by atoms with Gasteiger partial charge in [0, 0.05) is 37.6 Å². The Morgan fingerprint density at radius 1 is 1.28 bits per heavy atom. The minimum atomic E-state index is -1.74. The number of morpholine rings is 1. The van der Waals surface area contributed by atoms with E-state index in [1.165, 1.54) is 0 Å². The molecule has 2 aliphatic rings. The zero-order valence-electron chi connectivity index (χ0n) is 20.9. The van der Waals surface area contributed by atoms with Crippen LogP contribution >= 0.6 is 0 Å². The molecule has 2 amide bonds. The van der Waals surface area contributed by atoms with Crippen molar-refractivity contribution in [3.8, 4) is 6.07 Å². The Bertz CT molecular complexity index is 959. The largest absolute Gasteiger partial charge is 0.475 e. The minimum absolute atomic E-state index is 0.0708. The van der Waals surface area contributed by atoms with Gasteiger partial charge in [0.1, 0.15) is 11.6 Å². The molecule has 0 spiro atoms. The first kappa shape index (κ1) is 27.7. The number of rotatable bonds is 9. The molecular weight excluding hydrogens is 463 g/mol. The smallest absolute Gasteiger partial charge is 0.449 e. The highest BCUT2D eigenvalue weighted by atomic mass is 16.5. The molecule has 36 heavy (non-hydrogen) atoms. The molecule has 0 aliphatic carbocycles. The van der Waals surface area contributed by atoms with Crippen molar-refractivity contribution in [2.45, 2.75) is 38.2 Å². The summed E-state index contributed by atoms with van der Waals surface area (Å²) in [4.78, 5) is 29.1. The quantitative estimate of drug-likeness (QED) is 0.258. The van der Waals surface area contributed by atoms with Crippen LogP contribution in [0.15, 0.2) is 42.0 Å². The van der Waals surface area contributed by atoms with E-state index in [9.17, 15) is 24.9 Å². The number of carbonyl (C=O) groups is 2. The Morgan fingerprint density at radius 2 is 1.97 bits per heavy atom. The van der Waals surface area contributed by atoms with E-state index >= 15 is 0 Å². The highest BCUT2D eigenvalue weighted by Crippen LogP contribution is 2.23. The summed E-state index contributed by atoms with van der Waals surface area (Å²) in [5, 5.41) is 31.4. The number of likely N-dealkylation sites (tertiary alicyclic amines) is 1. The molecule has 11 heteroatoms. The predicted octanol–water partition coefficient (Wildman–Crippen LogP) is 0.745. The number of hydrogen-bond donors (Lipinski definition) is 3. The van der Waals surface area contributed by atoms with Gasteiger partial charge in [0.05, 0.1) is 25.8 Å². The molecule has 1 aromatic carbocycles. The number of nitriles is 1. The monoisotopic (exact) mass is 498 g/mol. The Morgan fingerprint density at radius 3 is 2.61 bits per heavy atom. The lowest BCUT2D eigenvalue weighted by Gasteiger charge is -2.39. The lowest BCUT2D eigenvalue weighted by molar-refractivity contribution is -0.126. The van der Waals surface area contributed by atoms with Crippen molar-refractivity contribution >= 4 is 19.1 Å². The summed E-state index contributed by atoms with van der Waals surface area (Å²) < 4.78 is 10.7. The number of nitrogens with one attached hydrogen (secondary N) is 1. The summed E-state index contributed by atoms with van der Waals surface area (Å²) >= 11 is 0. The van der Waals surface area contributed by atoms with E-state index in [2.05, 4.69) is 16.3 Å². The molecule has 2 fully saturated rings. The van der Waals surface area contributed by atoms with Crippen molar-refractivity contribution in [1.82, 2.24) is 15.1 Å².